The first-order valence-corrected chi connectivity index (χ1v) is 18.5. The van der Waals surface area contributed by atoms with E-state index in [2.05, 4.69) is 21.9 Å². The Kier molecular flexibility index (Phi) is 13.5. The number of aliphatic hydroxyl groups is 1. The first-order valence-electron chi connectivity index (χ1n) is 18.5. The Hall–Kier alpha value is -4.23. The predicted octanol–water partition coefficient (Wildman–Crippen LogP) is 4.59. The Bertz CT molecular complexity index is 1570. The number of nitrogens with zero attached hydrogens (tertiary/aromatic N) is 6. The number of halogens is 1. The average molecular weight is 723 g/mol. The molecule has 2 saturated heterocycles. The summed E-state index contributed by atoms with van der Waals surface area (Å²) in [5.41, 5.74) is 2.01. The van der Waals surface area contributed by atoms with Gasteiger partial charge >= 0.3 is 12.1 Å². The van der Waals surface area contributed by atoms with Crippen LogP contribution in [0.2, 0.25) is 0 Å². The van der Waals surface area contributed by atoms with Crippen molar-refractivity contribution in [1.82, 2.24) is 24.5 Å². The Morgan fingerprint density at radius 2 is 1.79 bits per heavy atom. The summed E-state index contributed by atoms with van der Waals surface area (Å²) in [6.07, 6.45) is 9.02. The molecule has 0 radical (unpaired) electrons. The second kappa shape index (κ2) is 18.0. The maximum absolute atomic E-state index is 15.1. The second-order valence-corrected chi connectivity index (χ2v) is 14.8. The van der Waals surface area contributed by atoms with Crippen molar-refractivity contribution in [2.45, 2.75) is 83.8 Å². The number of aromatic nitrogens is 2. The zero-order valence-corrected chi connectivity index (χ0v) is 31.2. The van der Waals surface area contributed by atoms with Gasteiger partial charge in [-0.25, -0.2) is 9.18 Å². The lowest BCUT2D eigenvalue weighted by Gasteiger charge is -2.36. The molecule has 0 spiro atoms. The Labute approximate surface area is 306 Å². The van der Waals surface area contributed by atoms with Crippen LogP contribution in [0.4, 0.5) is 14.9 Å². The van der Waals surface area contributed by atoms with Crippen LogP contribution in [0.3, 0.4) is 0 Å². The molecule has 4 heterocycles. The normalized spacial score (nSPS) is 26.6. The van der Waals surface area contributed by atoms with E-state index in [9.17, 15) is 19.5 Å². The lowest BCUT2D eigenvalue weighted by molar-refractivity contribution is -0.151. The van der Waals surface area contributed by atoms with E-state index in [0.29, 0.717) is 55.8 Å². The number of carbonyl (C=O) groups is 3. The fourth-order valence-corrected chi connectivity index (χ4v) is 7.23. The van der Waals surface area contributed by atoms with E-state index in [-0.39, 0.29) is 42.8 Å². The highest BCUT2D eigenvalue weighted by Gasteiger charge is 2.30. The molecule has 5 rings (SSSR count). The summed E-state index contributed by atoms with van der Waals surface area (Å²) in [4.78, 5) is 46.9. The number of carbonyl (C=O) groups excluding carboxylic acids is 3. The molecule has 2 amide bonds. The van der Waals surface area contributed by atoms with Gasteiger partial charge in [-0.3, -0.25) is 14.3 Å². The number of benzene rings is 1. The monoisotopic (exact) mass is 722 g/mol. The lowest BCUT2D eigenvalue weighted by Crippen LogP contribution is -2.49. The Balaban J connectivity index is 1.29. The highest BCUT2D eigenvalue weighted by molar-refractivity contribution is 5.76. The number of piperazine rings is 1. The lowest BCUT2D eigenvalue weighted by atomic mass is 9.91. The molecule has 3 aliphatic rings. The molecule has 0 unspecified atom stereocenters. The molecule has 0 saturated carbocycles. The molecule has 12 nitrogen and oxygen atoms in total. The van der Waals surface area contributed by atoms with Crippen molar-refractivity contribution >= 4 is 29.7 Å². The average Bonchev–Trinajstić information content (AvgIpc) is 3.63. The standard InChI is InChI=1S/C39H55FN6O6/c1-27-7-9-34(47)25-37(49)52-38(28(2)8-10-35(27)51-39(50)43(5)32-11-15-42(4)16-12-32)29(3)21-30-22-31(40)24-33(23-30)44-17-19-45(20-18-44)36(48)26-46-14-6-13-41-46/h6,8,10,13-14,21-24,27-28,32,34-35,38,47H,7,9,11-12,15-20,25-26H2,1-5H3/b10-8-,29-21+/t27-,28-,34+,35-,38-/m0/s1. The van der Waals surface area contributed by atoms with Gasteiger partial charge in [0.1, 0.15) is 24.6 Å². The third kappa shape index (κ3) is 10.7. The SMILES string of the molecule is C/C(=C\c1cc(F)cc(N2CCN(C(=O)Cn3cccn3)CC2)c1)[C@H]1OC(=O)C[C@H](O)CC[C@H](C)[C@@H](OC(=O)N(C)C2CCN(C)CC2)/C=C\[C@@H]1C. The minimum absolute atomic E-state index is 0.0111. The largest absolute Gasteiger partial charge is 0.457 e. The van der Waals surface area contributed by atoms with Gasteiger partial charge in [-0.05, 0) is 100 Å². The molecule has 5 atom stereocenters. The number of esters is 1. The summed E-state index contributed by atoms with van der Waals surface area (Å²) in [5, 5.41) is 14.8. The number of rotatable bonds is 7. The van der Waals surface area contributed by atoms with Gasteiger partial charge in [0.15, 0.2) is 0 Å². The number of amides is 2. The molecular formula is C39H55FN6O6. The summed E-state index contributed by atoms with van der Waals surface area (Å²) in [6.45, 7) is 9.92. The van der Waals surface area contributed by atoms with Gasteiger partial charge in [0.25, 0.3) is 0 Å². The number of hydrogen-bond donors (Lipinski definition) is 1. The van der Waals surface area contributed by atoms with E-state index in [1.807, 2.05) is 45.1 Å². The van der Waals surface area contributed by atoms with E-state index in [1.54, 1.807) is 40.0 Å². The number of aliphatic hydroxyl groups excluding tert-OH is 1. The van der Waals surface area contributed by atoms with E-state index in [0.717, 1.165) is 25.9 Å². The van der Waals surface area contributed by atoms with E-state index >= 15 is 4.39 Å². The van der Waals surface area contributed by atoms with Crippen molar-refractivity contribution in [2.24, 2.45) is 11.8 Å². The number of cyclic esters (lactones) is 1. The van der Waals surface area contributed by atoms with Crippen molar-refractivity contribution in [3.63, 3.8) is 0 Å². The van der Waals surface area contributed by atoms with Gasteiger partial charge in [-0.2, -0.15) is 5.10 Å². The Morgan fingerprint density at radius 3 is 2.48 bits per heavy atom. The van der Waals surface area contributed by atoms with Gasteiger partial charge in [-0.15, -0.1) is 0 Å². The summed E-state index contributed by atoms with van der Waals surface area (Å²) in [5.74, 6) is -1.34. The summed E-state index contributed by atoms with van der Waals surface area (Å²) in [7, 11) is 3.87. The molecule has 1 aromatic carbocycles. The van der Waals surface area contributed by atoms with Gasteiger partial charge in [0.2, 0.25) is 5.91 Å². The zero-order chi connectivity index (χ0) is 37.4. The van der Waals surface area contributed by atoms with Gasteiger partial charge < -0.3 is 34.2 Å². The first kappa shape index (κ1) is 39.0. The maximum Gasteiger partial charge on any atom is 0.410 e. The second-order valence-electron chi connectivity index (χ2n) is 14.8. The Morgan fingerprint density at radius 1 is 1.06 bits per heavy atom. The minimum Gasteiger partial charge on any atom is -0.457 e. The van der Waals surface area contributed by atoms with Crippen LogP contribution in [0, 0.1) is 17.7 Å². The summed E-state index contributed by atoms with van der Waals surface area (Å²) in [6, 6.07) is 6.72. The molecule has 0 bridgehead atoms. The van der Waals surface area contributed by atoms with Crippen LogP contribution in [-0.2, 0) is 25.6 Å². The van der Waals surface area contributed by atoms with E-state index < -0.39 is 30.1 Å². The predicted molar refractivity (Wildman–Crippen MR) is 197 cm³/mol. The molecule has 1 aromatic heterocycles. The number of piperidine rings is 1. The van der Waals surface area contributed by atoms with Crippen molar-refractivity contribution in [3.05, 3.63) is 65.8 Å². The minimum atomic E-state index is -0.899. The first-order chi connectivity index (χ1) is 24.9. The van der Waals surface area contributed by atoms with Crippen LogP contribution in [0.1, 0.15) is 58.4 Å². The molecular weight excluding hydrogens is 667 g/mol. The molecule has 2 aromatic rings. The fraction of sp³-hybridized carbons (Fsp3) is 0.590. The third-order valence-corrected chi connectivity index (χ3v) is 10.6. The fourth-order valence-electron chi connectivity index (χ4n) is 7.23. The number of likely N-dealkylation sites (tertiary alicyclic amines) is 1. The zero-order valence-electron chi connectivity index (χ0n) is 31.2. The molecule has 1 N–H and O–H groups in total. The van der Waals surface area contributed by atoms with Gasteiger partial charge in [-0.1, -0.05) is 26.0 Å². The number of anilines is 1. The van der Waals surface area contributed by atoms with Crippen molar-refractivity contribution in [2.75, 3.05) is 58.3 Å². The molecule has 2 fully saturated rings. The summed E-state index contributed by atoms with van der Waals surface area (Å²) >= 11 is 0. The highest BCUT2D eigenvalue weighted by Crippen LogP contribution is 2.28. The smallest absolute Gasteiger partial charge is 0.410 e. The molecule has 3 aliphatic heterocycles. The van der Waals surface area contributed by atoms with Crippen LogP contribution >= 0.6 is 0 Å². The number of hydrogen-bond acceptors (Lipinski definition) is 9. The molecule has 13 heteroatoms. The van der Waals surface area contributed by atoms with Crippen LogP contribution in [0.25, 0.3) is 6.08 Å². The van der Waals surface area contributed by atoms with Crippen LogP contribution in [-0.4, -0.2) is 125 Å². The molecule has 0 aliphatic carbocycles. The van der Waals surface area contributed by atoms with Crippen LogP contribution in [0.15, 0.2) is 54.4 Å². The summed E-state index contributed by atoms with van der Waals surface area (Å²) < 4.78 is 28.7. The van der Waals surface area contributed by atoms with Gasteiger partial charge in [0, 0.05) is 63.3 Å². The maximum atomic E-state index is 15.1. The molecule has 52 heavy (non-hydrogen) atoms. The van der Waals surface area contributed by atoms with E-state index in [4.69, 9.17) is 9.47 Å². The van der Waals surface area contributed by atoms with E-state index in [1.165, 1.54) is 12.1 Å². The van der Waals surface area contributed by atoms with Gasteiger partial charge in [0.05, 0.1) is 12.5 Å². The highest BCUT2D eigenvalue weighted by atomic mass is 19.1. The van der Waals surface area contributed by atoms with Crippen molar-refractivity contribution in [3.8, 4) is 0 Å². The third-order valence-electron chi connectivity index (χ3n) is 10.6. The van der Waals surface area contributed by atoms with Crippen molar-refractivity contribution in [1.29, 1.82) is 0 Å². The quantitative estimate of drug-likeness (QED) is 0.323. The topological polar surface area (TPSA) is 121 Å². The molecule has 284 valence electrons. The number of ether oxygens (including phenoxy) is 2. The van der Waals surface area contributed by atoms with Crippen LogP contribution < -0.4 is 4.90 Å². The van der Waals surface area contributed by atoms with Crippen molar-refractivity contribution < 1.29 is 33.4 Å². The van der Waals surface area contributed by atoms with Crippen LogP contribution in [0.5, 0.6) is 0 Å².